The van der Waals surface area contributed by atoms with Crippen LogP contribution in [0.3, 0.4) is 0 Å². The summed E-state index contributed by atoms with van der Waals surface area (Å²) in [5, 5.41) is 23.8. The zero-order chi connectivity index (χ0) is 40.3. The van der Waals surface area contributed by atoms with Crippen LogP contribution < -0.4 is 37.3 Å². The highest BCUT2D eigenvalue weighted by molar-refractivity contribution is 5.96. The number of primary amides is 1. The average Bonchev–Trinajstić information content (AvgIpc) is 3.18. The van der Waals surface area contributed by atoms with E-state index in [1.54, 1.807) is 7.11 Å². The molecule has 14 heteroatoms. The highest BCUT2D eigenvalue weighted by Crippen LogP contribution is 2.29. The number of rotatable bonds is 25. The van der Waals surface area contributed by atoms with Crippen molar-refractivity contribution in [2.24, 2.45) is 23.1 Å². The highest BCUT2D eigenvalue weighted by atomic mass is 16.5. The lowest BCUT2D eigenvalue weighted by Crippen LogP contribution is -2.51. The Kier molecular flexibility index (Phi) is 18.3. The van der Waals surface area contributed by atoms with Gasteiger partial charge in [0, 0.05) is 12.3 Å². The van der Waals surface area contributed by atoms with Crippen LogP contribution in [0.5, 0.6) is 11.5 Å². The third-order valence-electron chi connectivity index (χ3n) is 9.28. The maximum atomic E-state index is 13.9. The minimum absolute atomic E-state index is 0.0527. The molecule has 55 heavy (non-hydrogen) atoms. The van der Waals surface area contributed by atoms with Crippen LogP contribution in [0.15, 0.2) is 66.7 Å². The van der Waals surface area contributed by atoms with E-state index in [2.05, 4.69) is 10.6 Å². The van der Waals surface area contributed by atoms with Gasteiger partial charge in [-0.25, -0.2) is 0 Å². The Morgan fingerprint density at radius 1 is 0.818 bits per heavy atom. The molecule has 298 valence electrons. The SMILES string of the molecule is CCc1cc(OC)ccc1-c1ccc(C[C@H](CC(=O)[C@H](CC(=O)O)NC(=O)[C@@H](N)CO)C(=O)N[C@@H](CCCc2ccc(OCCCCN)cc2)C(N)=O)cc1. The Morgan fingerprint density at radius 3 is 2.07 bits per heavy atom. The first-order valence-electron chi connectivity index (χ1n) is 18.6. The third kappa shape index (κ3) is 14.5. The second kappa shape index (κ2) is 22.8. The number of carbonyl (C=O) groups excluding carboxylic acids is 4. The predicted molar refractivity (Wildman–Crippen MR) is 208 cm³/mol. The quantitative estimate of drug-likeness (QED) is 0.0618. The van der Waals surface area contributed by atoms with Gasteiger partial charge in [-0.15, -0.1) is 0 Å². The number of ketones is 1. The van der Waals surface area contributed by atoms with Crippen LogP contribution in [-0.2, 0) is 43.2 Å². The van der Waals surface area contributed by atoms with Gasteiger partial charge in [0.25, 0.3) is 0 Å². The van der Waals surface area contributed by atoms with E-state index in [1.165, 1.54) is 0 Å². The molecule has 0 aliphatic rings. The molecule has 0 aliphatic heterocycles. The van der Waals surface area contributed by atoms with Gasteiger partial charge in [-0.2, -0.15) is 0 Å². The van der Waals surface area contributed by atoms with Gasteiger partial charge in [0.1, 0.15) is 23.6 Å². The number of hydrogen-bond acceptors (Lipinski definition) is 10. The molecule has 0 radical (unpaired) electrons. The highest BCUT2D eigenvalue weighted by Gasteiger charge is 2.32. The zero-order valence-electron chi connectivity index (χ0n) is 31.6. The second-order valence-corrected chi connectivity index (χ2v) is 13.4. The van der Waals surface area contributed by atoms with Crippen molar-refractivity contribution >= 4 is 29.5 Å². The summed E-state index contributed by atoms with van der Waals surface area (Å²) in [5.74, 6) is -3.97. The number of hydrogen-bond donors (Lipinski definition) is 7. The van der Waals surface area contributed by atoms with Gasteiger partial charge < -0.3 is 47.5 Å². The molecule has 3 aromatic rings. The number of aliphatic carboxylic acids is 1. The standard InChI is InChI=1S/C41H55N5O9/c1-3-28-22-32(54-2)17-18-33(28)29-13-9-27(10-14-29)21-30(23-37(48)36(24-38(49)50)46-41(53)34(43)25-47)40(52)45-35(39(44)51)8-6-7-26-11-15-31(16-12-26)55-20-5-4-19-42/h9-18,22,30,34-36,47H,3-8,19-21,23-25,42-43H2,1-2H3,(H2,44,51)(H,45,52)(H,46,53)(H,49,50)/t30-,34+,35+,36+/m1/s1. The normalized spacial score (nSPS) is 13.2. The molecule has 0 fully saturated rings. The number of ether oxygens (including phenoxy) is 2. The molecular weight excluding hydrogens is 706 g/mol. The van der Waals surface area contributed by atoms with Gasteiger partial charge >= 0.3 is 5.97 Å². The Morgan fingerprint density at radius 2 is 1.47 bits per heavy atom. The van der Waals surface area contributed by atoms with Crippen LogP contribution in [0, 0.1) is 5.92 Å². The molecule has 14 nitrogen and oxygen atoms in total. The first-order valence-corrected chi connectivity index (χ1v) is 18.6. The van der Waals surface area contributed by atoms with Crippen LogP contribution >= 0.6 is 0 Å². The number of Topliss-reactive ketones (excluding diaryl/α,β-unsaturated/α-hetero) is 1. The minimum atomic E-state index is -1.52. The van der Waals surface area contributed by atoms with Crippen molar-refractivity contribution in [1.82, 2.24) is 10.6 Å². The molecule has 0 heterocycles. The molecule has 3 rings (SSSR count). The molecule has 0 aromatic heterocycles. The van der Waals surface area contributed by atoms with Crippen molar-refractivity contribution in [2.75, 3.05) is 26.9 Å². The number of unbranched alkanes of at least 4 members (excludes halogenated alkanes) is 1. The summed E-state index contributed by atoms with van der Waals surface area (Å²) in [6, 6.07) is 17.0. The second-order valence-electron chi connectivity index (χ2n) is 13.4. The summed E-state index contributed by atoms with van der Waals surface area (Å²) in [4.78, 5) is 64.1. The van der Waals surface area contributed by atoms with E-state index in [-0.39, 0.29) is 12.8 Å². The Hall–Kier alpha value is -5.31. The molecule has 3 aromatic carbocycles. The van der Waals surface area contributed by atoms with Gasteiger partial charge in [-0.1, -0.05) is 49.4 Å². The van der Waals surface area contributed by atoms with Gasteiger partial charge in [0.2, 0.25) is 17.7 Å². The fourth-order valence-electron chi connectivity index (χ4n) is 6.07. The van der Waals surface area contributed by atoms with Gasteiger partial charge in [-0.3, -0.25) is 24.0 Å². The van der Waals surface area contributed by atoms with Crippen LogP contribution in [-0.4, -0.2) is 84.7 Å². The van der Waals surface area contributed by atoms with Crippen molar-refractivity contribution in [3.05, 3.63) is 83.4 Å². The first-order chi connectivity index (χ1) is 26.4. The van der Waals surface area contributed by atoms with Crippen molar-refractivity contribution < 1.29 is 43.7 Å². The predicted octanol–water partition coefficient (Wildman–Crippen LogP) is 2.43. The first kappa shape index (κ1) is 44.1. The summed E-state index contributed by atoms with van der Waals surface area (Å²) in [5.41, 5.74) is 21.6. The molecule has 0 aliphatic carbocycles. The monoisotopic (exact) mass is 761 g/mol. The Labute approximate surface area is 322 Å². The Balaban J connectivity index is 1.79. The number of aliphatic hydroxyl groups is 1. The molecule has 3 amide bonds. The lowest BCUT2D eigenvalue weighted by Gasteiger charge is -2.23. The lowest BCUT2D eigenvalue weighted by molar-refractivity contribution is -0.140. The summed E-state index contributed by atoms with van der Waals surface area (Å²) in [6.07, 6.45) is 2.68. The van der Waals surface area contributed by atoms with Gasteiger partial charge in [-0.05, 0) is 104 Å². The molecule has 0 saturated heterocycles. The van der Waals surface area contributed by atoms with Crippen molar-refractivity contribution in [3.8, 4) is 22.6 Å². The summed E-state index contributed by atoms with van der Waals surface area (Å²) in [6.45, 7) is 2.51. The molecule has 0 bridgehead atoms. The topological polar surface area (TPSA) is 246 Å². The van der Waals surface area contributed by atoms with Crippen LogP contribution in [0.25, 0.3) is 11.1 Å². The van der Waals surface area contributed by atoms with Crippen LogP contribution in [0.4, 0.5) is 0 Å². The van der Waals surface area contributed by atoms with Crippen molar-refractivity contribution in [1.29, 1.82) is 0 Å². The number of nitrogens with two attached hydrogens (primary N) is 3. The lowest BCUT2D eigenvalue weighted by atomic mass is 9.89. The number of nitrogens with one attached hydrogen (secondary N) is 2. The number of aryl methyl sites for hydroxylation is 2. The largest absolute Gasteiger partial charge is 0.497 e. The van der Waals surface area contributed by atoms with Crippen LogP contribution in [0.2, 0.25) is 0 Å². The average molecular weight is 762 g/mol. The number of aliphatic hydroxyl groups excluding tert-OH is 1. The van der Waals surface area contributed by atoms with Crippen molar-refractivity contribution in [2.45, 2.75) is 82.8 Å². The molecule has 0 spiro atoms. The smallest absolute Gasteiger partial charge is 0.305 e. The van der Waals surface area contributed by atoms with E-state index in [0.29, 0.717) is 31.6 Å². The Bertz CT molecular complexity index is 1720. The van der Waals surface area contributed by atoms with E-state index in [1.807, 2.05) is 73.7 Å². The maximum absolute atomic E-state index is 13.9. The van der Waals surface area contributed by atoms with E-state index in [4.69, 9.17) is 26.7 Å². The van der Waals surface area contributed by atoms with E-state index < -0.39 is 73.0 Å². The number of amides is 3. The molecule has 10 N–H and O–H groups in total. The van der Waals surface area contributed by atoms with E-state index >= 15 is 0 Å². The number of carboxylic acid groups (broad SMARTS) is 1. The molecule has 0 saturated carbocycles. The third-order valence-corrected chi connectivity index (χ3v) is 9.28. The minimum Gasteiger partial charge on any atom is -0.497 e. The summed E-state index contributed by atoms with van der Waals surface area (Å²) < 4.78 is 11.1. The number of benzene rings is 3. The van der Waals surface area contributed by atoms with Gasteiger partial charge in [0.05, 0.1) is 32.8 Å². The van der Waals surface area contributed by atoms with Crippen molar-refractivity contribution in [3.63, 3.8) is 0 Å². The number of carbonyl (C=O) groups is 5. The fourth-order valence-corrected chi connectivity index (χ4v) is 6.07. The van der Waals surface area contributed by atoms with E-state index in [9.17, 15) is 34.2 Å². The maximum Gasteiger partial charge on any atom is 0.305 e. The molecule has 4 atom stereocenters. The summed E-state index contributed by atoms with van der Waals surface area (Å²) in [7, 11) is 1.61. The molecule has 0 unspecified atom stereocenters. The zero-order valence-corrected chi connectivity index (χ0v) is 31.6. The fraction of sp³-hybridized carbons (Fsp3) is 0.439. The summed E-state index contributed by atoms with van der Waals surface area (Å²) >= 11 is 0. The van der Waals surface area contributed by atoms with Crippen LogP contribution in [0.1, 0.15) is 62.1 Å². The van der Waals surface area contributed by atoms with Gasteiger partial charge in [0.15, 0.2) is 5.78 Å². The molecular formula is C41H55N5O9. The number of carboxylic acids is 1. The van der Waals surface area contributed by atoms with E-state index in [0.717, 1.165) is 53.0 Å². The number of methoxy groups -OCH3 is 1.